The minimum absolute atomic E-state index is 0.0253. The lowest BCUT2D eigenvalue weighted by Gasteiger charge is -2.42. The average molecular weight is 573 g/mol. The lowest BCUT2D eigenvalue weighted by atomic mass is 9.80. The number of amides is 1. The molecule has 2 aromatic carbocycles. The first-order valence-electron chi connectivity index (χ1n) is 12.7. The van der Waals surface area contributed by atoms with Gasteiger partial charge in [-0.05, 0) is 80.9 Å². The summed E-state index contributed by atoms with van der Waals surface area (Å²) in [5.41, 5.74) is 5.85. The number of sulfone groups is 1. The van der Waals surface area contributed by atoms with Crippen molar-refractivity contribution in [3.05, 3.63) is 52.8 Å². The summed E-state index contributed by atoms with van der Waals surface area (Å²) >= 11 is 0. The van der Waals surface area contributed by atoms with Gasteiger partial charge in [-0.3, -0.25) is 9.69 Å². The number of rotatable bonds is 9. The number of carbonyl (C=O) groups is 1. The zero-order valence-corrected chi connectivity index (χ0v) is 22.8. The van der Waals surface area contributed by atoms with E-state index in [0.717, 1.165) is 24.7 Å². The molecule has 1 amide bonds. The van der Waals surface area contributed by atoms with Gasteiger partial charge in [-0.25, -0.2) is 12.8 Å². The van der Waals surface area contributed by atoms with Crippen molar-refractivity contribution < 1.29 is 40.2 Å². The zero-order valence-electron chi connectivity index (χ0n) is 22.0. The highest BCUT2D eigenvalue weighted by Gasteiger charge is 2.38. The Morgan fingerprint density at radius 3 is 2.26 bits per heavy atom. The number of hydrogen-bond donors (Lipinski definition) is 1. The monoisotopic (exact) mass is 572 g/mol. The standard InChI is InChI=1S/C27H32F4N2O5S/c1-16(17-6-8-19(9-7-17)38-27(29,30)31)33-12-10-26(2,11-13-33)15-37-23-20(18-4-5-18)14-21(25(32)34)22(28)24(23)39(3,35)36/h6-9,14,16,18H,4-5,10-13,15H2,1-3H3,(H2,32,34)/t16-/m1/s1. The molecule has 1 saturated heterocycles. The molecule has 12 heteroatoms. The Morgan fingerprint density at radius 1 is 1.18 bits per heavy atom. The van der Waals surface area contributed by atoms with Gasteiger partial charge < -0.3 is 15.2 Å². The molecule has 7 nitrogen and oxygen atoms in total. The normalized spacial score (nSPS) is 18.9. The second-order valence-electron chi connectivity index (χ2n) is 10.8. The maximum Gasteiger partial charge on any atom is 0.573 e. The first-order chi connectivity index (χ1) is 18.1. The van der Waals surface area contributed by atoms with Crippen molar-refractivity contribution in [3.63, 3.8) is 0 Å². The number of alkyl halides is 3. The number of hydrogen-bond acceptors (Lipinski definition) is 6. The van der Waals surface area contributed by atoms with Crippen LogP contribution in [0.5, 0.6) is 11.5 Å². The maximum atomic E-state index is 15.2. The van der Waals surface area contributed by atoms with E-state index in [4.69, 9.17) is 10.5 Å². The molecule has 2 aliphatic rings. The van der Waals surface area contributed by atoms with Crippen LogP contribution in [0.15, 0.2) is 35.2 Å². The lowest BCUT2D eigenvalue weighted by molar-refractivity contribution is -0.274. The molecule has 0 aromatic heterocycles. The van der Waals surface area contributed by atoms with Crippen LogP contribution < -0.4 is 15.2 Å². The average Bonchev–Trinajstić information content (AvgIpc) is 3.66. The summed E-state index contributed by atoms with van der Waals surface area (Å²) in [5.74, 6) is -2.57. The number of primary amides is 1. The Hall–Kier alpha value is -2.86. The summed E-state index contributed by atoms with van der Waals surface area (Å²) in [6.07, 6.45) is -0.927. The predicted molar refractivity (Wildman–Crippen MR) is 136 cm³/mol. The number of benzene rings is 2. The fourth-order valence-electron chi connectivity index (χ4n) is 5.00. The smallest absolute Gasteiger partial charge is 0.491 e. The number of carbonyl (C=O) groups excluding carboxylic acids is 1. The van der Waals surface area contributed by atoms with Gasteiger partial charge in [-0.1, -0.05) is 19.1 Å². The van der Waals surface area contributed by atoms with Crippen LogP contribution in [0, 0.1) is 11.2 Å². The summed E-state index contributed by atoms with van der Waals surface area (Å²) in [4.78, 5) is 13.4. The summed E-state index contributed by atoms with van der Waals surface area (Å²) in [6, 6.07) is 7.07. The molecular weight excluding hydrogens is 540 g/mol. The Morgan fingerprint density at radius 2 is 1.77 bits per heavy atom. The van der Waals surface area contributed by atoms with Crippen molar-refractivity contribution >= 4 is 15.7 Å². The molecule has 4 rings (SSSR count). The van der Waals surface area contributed by atoms with E-state index in [2.05, 4.69) is 9.64 Å². The molecule has 39 heavy (non-hydrogen) atoms. The molecule has 0 unspecified atom stereocenters. The lowest BCUT2D eigenvalue weighted by Crippen LogP contribution is -2.42. The van der Waals surface area contributed by atoms with E-state index in [-0.39, 0.29) is 35.5 Å². The van der Waals surface area contributed by atoms with Gasteiger partial charge in [0.15, 0.2) is 15.7 Å². The van der Waals surface area contributed by atoms with E-state index < -0.39 is 38.4 Å². The van der Waals surface area contributed by atoms with Crippen molar-refractivity contribution in [2.45, 2.75) is 62.7 Å². The van der Waals surface area contributed by atoms with Gasteiger partial charge in [0.1, 0.15) is 16.4 Å². The fraction of sp³-hybridized carbons (Fsp3) is 0.519. The molecule has 2 fully saturated rings. The van der Waals surface area contributed by atoms with Crippen LogP contribution in [-0.4, -0.2) is 51.5 Å². The Bertz CT molecular complexity index is 1330. The van der Waals surface area contributed by atoms with Crippen LogP contribution in [0.1, 0.15) is 73.0 Å². The van der Waals surface area contributed by atoms with Crippen molar-refractivity contribution in [1.29, 1.82) is 0 Å². The molecule has 1 aliphatic heterocycles. The Balaban J connectivity index is 1.47. The molecule has 1 heterocycles. The number of halogens is 4. The SMILES string of the molecule is C[C@H](c1ccc(OC(F)(F)F)cc1)N1CCC(C)(COc2c(C3CC3)cc(C(N)=O)c(F)c2S(C)(=O)=O)CC1. The number of nitrogens with zero attached hydrogens (tertiary/aromatic N) is 1. The summed E-state index contributed by atoms with van der Waals surface area (Å²) in [7, 11) is -4.07. The van der Waals surface area contributed by atoms with E-state index >= 15 is 4.39 Å². The number of nitrogens with two attached hydrogens (primary N) is 1. The van der Waals surface area contributed by atoms with Crippen molar-refractivity contribution in [1.82, 2.24) is 4.90 Å². The van der Waals surface area contributed by atoms with Crippen LogP contribution in [0.2, 0.25) is 0 Å². The van der Waals surface area contributed by atoms with E-state index in [0.29, 0.717) is 31.5 Å². The summed E-state index contributed by atoms with van der Waals surface area (Å²) in [6.45, 7) is 5.48. The van der Waals surface area contributed by atoms with Crippen LogP contribution in [-0.2, 0) is 9.84 Å². The van der Waals surface area contributed by atoms with Gasteiger partial charge in [0.25, 0.3) is 5.91 Å². The number of piperidine rings is 1. The number of ether oxygens (including phenoxy) is 2. The highest BCUT2D eigenvalue weighted by atomic mass is 32.2. The molecular formula is C27H32F4N2O5S. The first-order valence-corrected chi connectivity index (χ1v) is 14.6. The molecule has 0 radical (unpaired) electrons. The molecule has 214 valence electrons. The summed E-state index contributed by atoms with van der Waals surface area (Å²) < 4.78 is 87.7. The maximum absolute atomic E-state index is 15.2. The zero-order chi connectivity index (χ0) is 28.8. The van der Waals surface area contributed by atoms with E-state index in [1.165, 1.54) is 18.2 Å². The molecule has 1 aliphatic carbocycles. The highest BCUT2D eigenvalue weighted by molar-refractivity contribution is 7.90. The third kappa shape index (κ3) is 6.84. The van der Waals surface area contributed by atoms with Gasteiger partial charge in [0.05, 0.1) is 12.2 Å². The minimum Gasteiger partial charge on any atom is -0.491 e. The van der Waals surface area contributed by atoms with Gasteiger partial charge in [-0.15, -0.1) is 13.2 Å². The van der Waals surface area contributed by atoms with Crippen LogP contribution in [0.3, 0.4) is 0 Å². The second kappa shape index (κ2) is 10.6. The number of likely N-dealkylation sites (tertiary alicyclic amines) is 1. The molecule has 0 bridgehead atoms. The third-order valence-electron chi connectivity index (χ3n) is 7.57. The predicted octanol–water partition coefficient (Wildman–Crippen LogP) is 5.35. The molecule has 2 N–H and O–H groups in total. The van der Waals surface area contributed by atoms with Crippen LogP contribution in [0.25, 0.3) is 0 Å². The van der Waals surface area contributed by atoms with Crippen LogP contribution in [0.4, 0.5) is 17.6 Å². The summed E-state index contributed by atoms with van der Waals surface area (Å²) in [5, 5.41) is 0. The van der Waals surface area contributed by atoms with Crippen molar-refractivity contribution in [2.24, 2.45) is 11.1 Å². The molecule has 0 spiro atoms. The van der Waals surface area contributed by atoms with Gasteiger partial charge in [0, 0.05) is 17.7 Å². The highest BCUT2D eigenvalue weighted by Crippen LogP contribution is 2.48. The molecule has 2 aromatic rings. The van der Waals surface area contributed by atoms with E-state index in [1.54, 1.807) is 12.1 Å². The fourth-order valence-corrected chi connectivity index (χ4v) is 5.94. The third-order valence-corrected chi connectivity index (χ3v) is 8.68. The van der Waals surface area contributed by atoms with Crippen LogP contribution >= 0.6 is 0 Å². The second-order valence-corrected chi connectivity index (χ2v) is 12.8. The molecule has 1 atom stereocenters. The molecule has 1 saturated carbocycles. The van der Waals surface area contributed by atoms with E-state index in [1.807, 2.05) is 13.8 Å². The largest absolute Gasteiger partial charge is 0.573 e. The Labute approximate surface area is 225 Å². The minimum atomic E-state index is -4.75. The van der Waals surface area contributed by atoms with Gasteiger partial charge >= 0.3 is 6.36 Å². The van der Waals surface area contributed by atoms with Gasteiger partial charge in [0.2, 0.25) is 0 Å². The van der Waals surface area contributed by atoms with E-state index in [9.17, 15) is 26.4 Å². The Kier molecular flexibility index (Phi) is 7.92. The topological polar surface area (TPSA) is 98.9 Å². The van der Waals surface area contributed by atoms with Crippen molar-refractivity contribution in [2.75, 3.05) is 26.0 Å². The first kappa shape index (κ1) is 29.1. The van der Waals surface area contributed by atoms with Gasteiger partial charge in [-0.2, -0.15) is 0 Å². The quantitative estimate of drug-likeness (QED) is 0.407. The van der Waals surface area contributed by atoms with Crippen molar-refractivity contribution in [3.8, 4) is 11.5 Å².